The lowest BCUT2D eigenvalue weighted by Crippen LogP contribution is -2.46. The van der Waals surface area contributed by atoms with Crippen molar-refractivity contribution in [2.24, 2.45) is 5.92 Å². The zero-order chi connectivity index (χ0) is 13.9. The van der Waals surface area contributed by atoms with E-state index in [0.717, 1.165) is 31.7 Å². The van der Waals surface area contributed by atoms with Gasteiger partial charge in [-0.2, -0.15) is 0 Å². The molecule has 126 valence electrons. The third-order valence-corrected chi connectivity index (χ3v) is 5.42. The van der Waals surface area contributed by atoms with E-state index in [1.807, 2.05) is 5.38 Å². The highest BCUT2D eigenvalue weighted by Gasteiger charge is 2.33. The van der Waals surface area contributed by atoms with Crippen LogP contribution in [0.5, 0.6) is 0 Å². The summed E-state index contributed by atoms with van der Waals surface area (Å²) >= 11 is 1.27. The Kier molecular flexibility index (Phi) is 8.07. The molecule has 1 aliphatic heterocycles. The van der Waals surface area contributed by atoms with Crippen LogP contribution in [0.15, 0.2) is 11.4 Å². The number of thiophene rings is 1. The first-order chi connectivity index (χ1) is 9.75. The summed E-state index contributed by atoms with van der Waals surface area (Å²) in [4.78, 5) is 13.2. The SMILES string of the molecule is Cl.Cl.O=[N+]([O-])c1cc([C@H](C2CCCC2)N2CCNCC2)cs1. The highest BCUT2D eigenvalue weighted by Crippen LogP contribution is 2.41. The van der Waals surface area contributed by atoms with E-state index in [1.165, 1.54) is 37.0 Å². The maximum absolute atomic E-state index is 10.9. The van der Waals surface area contributed by atoms with Gasteiger partial charge in [0.15, 0.2) is 0 Å². The number of piperazine rings is 1. The Labute approximate surface area is 147 Å². The summed E-state index contributed by atoms with van der Waals surface area (Å²) in [7, 11) is 0. The van der Waals surface area contributed by atoms with E-state index in [-0.39, 0.29) is 34.7 Å². The second-order valence-corrected chi connectivity index (χ2v) is 6.64. The molecule has 1 aromatic heterocycles. The fourth-order valence-corrected chi connectivity index (χ4v) is 4.36. The molecule has 2 fully saturated rings. The standard InChI is InChI=1S/C14H21N3O2S.2ClH/c18-17(19)13-9-12(10-20-13)14(11-3-1-2-4-11)16-7-5-15-6-8-16;;/h9-11,14-15H,1-8H2;2*1H/t14-;;/m0../s1. The fourth-order valence-electron chi connectivity index (χ4n) is 3.60. The largest absolute Gasteiger partial charge is 0.324 e. The van der Waals surface area contributed by atoms with Crippen LogP contribution in [0.2, 0.25) is 0 Å². The molecule has 1 aliphatic carbocycles. The van der Waals surface area contributed by atoms with E-state index in [9.17, 15) is 10.1 Å². The van der Waals surface area contributed by atoms with Crippen molar-refractivity contribution in [2.75, 3.05) is 26.2 Å². The number of nitrogens with one attached hydrogen (secondary N) is 1. The second-order valence-electron chi connectivity index (χ2n) is 5.75. The molecule has 1 aromatic rings. The van der Waals surface area contributed by atoms with Gasteiger partial charge in [0.1, 0.15) is 0 Å². The molecule has 1 N–H and O–H groups in total. The quantitative estimate of drug-likeness (QED) is 0.651. The Morgan fingerprint density at radius 3 is 2.45 bits per heavy atom. The molecule has 0 radical (unpaired) electrons. The molecule has 5 nitrogen and oxygen atoms in total. The minimum atomic E-state index is -0.266. The predicted molar refractivity (Wildman–Crippen MR) is 94.6 cm³/mol. The van der Waals surface area contributed by atoms with Crippen LogP contribution < -0.4 is 5.32 Å². The van der Waals surface area contributed by atoms with Crippen LogP contribution in [0.4, 0.5) is 5.00 Å². The van der Waals surface area contributed by atoms with Gasteiger partial charge in [0.25, 0.3) is 0 Å². The average Bonchev–Trinajstić information content (AvgIpc) is 3.12. The molecule has 3 rings (SSSR count). The summed E-state index contributed by atoms with van der Waals surface area (Å²) in [6, 6.07) is 2.18. The van der Waals surface area contributed by atoms with Crippen LogP contribution in [0.3, 0.4) is 0 Å². The van der Waals surface area contributed by atoms with Crippen LogP contribution in [-0.2, 0) is 0 Å². The van der Waals surface area contributed by atoms with Gasteiger partial charge in [-0.25, -0.2) is 0 Å². The Morgan fingerprint density at radius 1 is 1.27 bits per heavy atom. The van der Waals surface area contributed by atoms with E-state index in [0.29, 0.717) is 12.0 Å². The van der Waals surface area contributed by atoms with Gasteiger partial charge >= 0.3 is 5.00 Å². The summed E-state index contributed by atoms with van der Waals surface area (Å²) in [5, 5.41) is 16.6. The van der Waals surface area contributed by atoms with Crippen molar-refractivity contribution in [3.63, 3.8) is 0 Å². The van der Waals surface area contributed by atoms with Gasteiger partial charge in [0, 0.05) is 43.7 Å². The summed E-state index contributed by atoms with van der Waals surface area (Å²) < 4.78 is 0. The molecule has 0 bridgehead atoms. The molecule has 0 unspecified atom stereocenters. The smallest absolute Gasteiger partial charge is 0.314 e. The number of rotatable bonds is 4. The van der Waals surface area contributed by atoms with Gasteiger partial charge in [0.2, 0.25) is 0 Å². The van der Waals surface area contributed by atoms with E-state index in [4.69, 9.17) is 0 Å². The van der Waals surface area contributed by atoms with E-state index >= 15 is 0 Å². The first-order valence-electron chi connectivity index (χ1n) is 7.43. The predicted octanol–water partition coefficient (Wildman–Crippen LogP) is 3.64. The first-order valence-corrected chi connectivity index (χ1v) is 8.31. The molecule has 0 spiro atoms. The Hall–Kier alpha value is -0.400. The molecule has 0 aromatic carbocycles. The normalized spacial score (nSPS) is 20.9. The van der Waals surface area contributed by atoms with Crippen molar-refractivity contribution in [3.05, 3.63) is 27.1 Å². The van der Waals surface area contributed by atoms with Crippen molar-refractivity contribution >= 4 is 41.2 Å². The highest BCUT2D eigenvalue weighted by molar-refractivity contribution is 7.13. The van der Waals surface area contributed by atoms with Crippen LogP contribution >= 0.6 is 36.2 Å². The van der Waals surface area contributed by atoms with Gasteiger partial charge in [0.05, 0.1) is 4.92 Å². The molecule has 1 saturated carbocycles. The molecular weight excluding hydrogens is 345 g/mol. The molecule has 2 heterocycles. The summed E-state index contributed by atoms with van der Waals surface area (Å²) in [6.45, 7) is 4.14. The number of nitrogens with zero attached hydrogens (tertiary/aromatic N) is 2. The van der Waals surface area contributed by atoms with Crippen molar-refractivity contribution in [1.82, 2.24) is 10.2 Å². The molecule has 2 aliphatic rings. The summed E-state index contributed by atoms with van der Waals surface area (Å²) in [5.74, 6) is 0.669. The van der Waals surface area contributed by atoms with E-state index < -0.39 is 0 Å². The van der Waals surface area contributed by atoms with Gasteiger partial charge < -0.3 is 5.32 Å². The Bertz CT molecular complexity index is 474. The van der Waals surface area contributed by atoms with Crippen LogP contribution in [0, 0.1) is 16.0 Å². The number of halogens is 2. The van der Waals surface area contributed by atoms with Crippen LogP contribution in [-0.4, -0.2) is 36.0 Å². The summed E-state index contributed by atoms with van der Waals surface area (Å²) in [6.07, 6.45) is 5.13. The number of nitro groups is 1. The van der Waals surface area contributed by atoms with Gasteiger partial charge in [-0.15, -0.1) is 24.8 Å². The van der Waals surface area contributed by atoms with Crippen molar-refractivity contribution in [2.45, 2.75) is 31.7 Å². The molecule has 0 amide bonds. The molecular formula is C14H23Cl2N3O2S. The van der Waals surface area contributed by atoms with Gasteiger partial charge in [-0.05, 0) is 24.3 Å². The average molecular weight is 368 g/mol. The Morgan fingerprint density at radius 2 is 1.91 bits per heavy atom. The fraction of sp³-hybridized carbons (Fsp3) is 0.714. The lowest BCUT2D eigenvalue weighted by molar-refractivity contribution is -0.380. The lowest BCUT2D eigenvalue weighted by atomic mass is 9.91. The monoisotopic (exact) mass is 367 g/mol. The highest BCUT2D eigenvalue weighted by atomic mass is 35.5. The maximum Gasteiger partial charge on any atom is 0.324 e. The van der Waals surface area contributed by atoms with E-state index in [1.54, 1.807) is 6.07 Å². The first kappa shape index (κ1) is 19.6. The van der Waals surface area contributed by atoms with Gasteiger partial charge in [-0.3, -0.25) is 15.0 Å². The third kappa shape index (κ3) is 4.32. The summed E-state index contributed by atoms with van der Waals surface area (Å²) in [5.41, 5.74) is 1.16. The molecule has 8 heteroatoms. The minimum absolute atomic E-state index is 0. The molecule has 1 atom stereocenters. The number of hydrogen-bond donors (Lipinski definition) is 1. The van der Waals surface area contributed by atoms with Crippen molar-refractivity contribution < 1.29 is 4.92 Å². The number of hydrogen-bond acceptors (Lipinski definition) is 5. The topological polar surface area (TPSA) is 58.4 Å². The lowest BCUT2D eigenvalue weighted by Gasteiger charge is -2.38. The van der Waals surface area contributed by atoms with E-state index in [2.05, 4.69) is 10.2 Å². The minimum Gasteiger partial charge on any atom is -0.314 e. The maximum atomic E-state index is 10.9. The zero-order valence-corrected chi connectivity index (χ0v) is 14.9. The second kappa shape index (κ2) is 9.03. The molecule has 1 saturated heterocycles. The van der Waals surface area contributed by atoms with Gasteiger partial charge in [-0.1, -0.05) is 24.2 Å². The third-order valence-electron chi connectivity index (χ3n) is 4.52. The van der Waals surface area contributed by atoms with Crippen LogP contribution in [0.25, 0.3) is 0 Å². The van der Waals surface area contributed by atoms with Crippen molar-refractivity contribution in [1.29, 1.82) is 0 Å². The van der Waals surface area contributed by atoms with Crippen LogP contribution in [0.1, 0.15) is 37.3 Å². The van der Waals surface area contributed by atoms with Crippen molar-refractivity contribution in [3.8, 4) is 0 Å². The zero-order valence-electron chi connectivity index (χ0n) is 12.4. The molecule has 22 heavy (non-hydrogen) atoms. The Balaban J connectivity index is 0.00000121.